The Morgan fingerprint density at radius 1 is 1.35 bits per heavy atom. The molecule has 0 aliphatic heterocycles. The molecule has 0 bridgehead atoms. The maximum Gasteiger partial charge on any atom is 0.220 e. The van der Waals surface area contributed by atoms with Gasteiger partial charge in [-0.1, -0.05) is 11.6 Å². The fourth-order valence-corrected chi connectivity index (χ4v) is 2.23. The molecule has 2 atom stereocenters. The number of carbonyl (C=O) groups is 1. The first-order chi connectivity index (χ1) is 7.82. The van der Waals surface area contributed by atoms with E-state index in [9.17, 15) is 15.0 Å². The number of aryl methyl sites for hydroxylation is 2. The number of hydrogen-bond acceptors (Lipinski definition) is 3. The number of carbonyl (C=O) groups excluding carboxylic acids is 1. The van der Waals surface area contributed by atoms with E-state index in [1.54, 1.807) is 26.0 Å². The zero-order valence-electron chi connectivity index (χ0n) is 9.77. The number of benzene rings is 1. The van der Waals surface area contributed by atoms with Gasteiger partial charge in [-0.05, 0) is 42.7 Å². The number of amides is 1. The lowest BCUT2D eigenvalue weighted by molar-refractivity contribution is -0.121. The minimum Gasteiger partial charge on any atom is -0.390 e. The molecule has 1 aromatic carbocycles. The molecular weight excluding hydrogens is 242 g/mol. The number of aliphatic hydroxyl groups is 2. The number of primary amides is 1. The molecule has 0 saturated heterocycles. The Morgan fingerprint density at radius 3 is 2.24 bits per heavy atom. The molecule has 1 aromatic rings. The zero-order chi connectivity index (χ0) is 13.2. The highest BCUT2D eigenvalue weighted by atomic mass is 35.5. The molecule has 17 heavy (non-hydrogen) atoms. The summed E-state index contributed by atoms with van der Waals surface area (Å²) in [5.41, 5.74) is 7.10. The fraction of sp³-hybridized carbons (Fsp3) is 0.417. The standard InChI is InChI=1S/C12H16ClNO3/c1-6-3-8(13)4-7(2)11(6)12(17)9(15)5-10(14)16/h3-4,9,12,15,17H,5H2,1-2H3,(H2,14,16). The number of nitrogens with two attached hydrogens (primary N) is 1. The molecule has 0 aromatic heterocycles. The molecule has 0 fully saturated rings. The van der Waals surface area contributed by atoms with Gasteiger partial charge < -0.3 is 15.9 Å². The molecule has 5 heteroatoms. The first-order valence-electron chi connectivity index (χ1n) is 5.24. The molecule has 4 N–H and O–H groups in total. The van der Waals surface area contributed by atoms with Crippen LogP contribution in [0.4, 0.5) is 0 Å². The monoisotopic (exact) mass is 257 g/mol. The van der Waals surface area contributed by atoms with Gasteiger partial charge in [-0.15, -0.1) is 0 Å². The number of hydrogen-bond donors (Lipinski definition) is 3. The van der Waals surface area contributed by atoms with Crippen molar-refractivity contribution in [3.05, 3.63) is 33.8 Å². The lowest BCUT2D eigenvalue weighted by Crippen LogP contribution is -2.26. The zero-order valence-corrected chi connectivity index (χ0v) is 10.5. The molecule has 1 amide bonds. The Morgan fingerprint density at radius 2 is 1.82 bits per heavy atom. The van der Waals surface area contributed by atoms with E-state index in [1.165, 1.54) is 0 Å². The second-order valence-corrected chi connectivity index (χ2v) is 4.57. The summed E-state index contributed by atoms with van der Waals surface area (Å²) in [6.45, 7) is 3.57. The third kappa shape index (κ3) is 3.43. The molecular formula is C12H16ClNO3. The fourth-order valence-electron chi connectivity index (χ4n) is 1.90. The van der Waals surface area contributed by atoms with Crippen LogP contribution in [0.2, 0.25) is 5.02 Å². The second kappa shape index (κ2) is 5.49. The van der Waals surface area contributed by atoms with Gasteiger partial charge in [0.05, 0.1) is 12.5 Å². The van der Waals surface area contributed by atoms with Crippen LogP contribution < -0.4 is 5.73 Å². The van der Waals surface area contributed by atoms with E-state index in [0.717, 1.165) is 11.1 Å². The Bertz CT molecular complexity index is 411. The second-order valence-electron chi connectivity index (χ2n) is 4.14. The predicted octanol–water partition coefficient (Wildman–Crippen LogP) is 1.23. The lowest BCUT2D eigenvalue weighted by Gasteiger charge is -2.21. The molecule has 4 nitrogen and oxygen atoms in total. The molecule has 2 unspecified atom stereocenters. The van der Waals surface area contributed by atoms with Crippen molar-refractivity contribution in [2.45, 2.75) is 32.5 Å². The molecule has 94 valence electrons. The van der Waals surface area contributed by atoms with Gasteiger partial charge in [0, 0.05) is 5.02 Å². The van der Waals surface area contributed by atoms with Crippen molar-refractivity contribution in [1.82, 2.24) is 0 Å². The van der Waals surface area contributed by atoms with Crippen molar-refractivity contribution in [2.75, 3.05) is 0 Å². The third-order valence-electron chi connectivity index (χ3n) is 2.63. The largest absolute Gasteiger partial charge is 0.390 e. The number of aliphatic hydroxyl groups excluding tert-OH is 2. The van der Waals surface area contributed by atoms with Gasteiger partial charge in [0.25, 0.3) is 0 Å². The summed E-state index contributed by atoms with van der Waals surface area (Å²) in [4.78, 5) is 10.7. The van der Waals surface area contributed by atoms with Crippen molar-refractivity contribution in [3.63, 3.8) is 0 Å². The molecule has 1 rings (SSSR count). The van der Waals surface area contributed by atoms with Crippen molar-refractivity contribution >= 4 is 17.5 Å². The van der Waals surface area contributed by atoms with Crippen LogP contribution in [0.5, 0.6) is 0 Å². The summed E-state index contributed by atoms with van der Waals surface area (Å²) in [6, 6.07) is 3.40. The van der Waals surface area contributed by atoms with E-state index in [4.69, 9.17) is 17.3 Å². The van der Waals surface area contributed by atoms with E-state index in [1.807, 2.05) is 0 Å². The lowest BCUT2D eigenvalue weighted by atomic mass is 9.93. The molecule has 0 spiro atoms. The molecule has 0 aliphatic carbocycles. The highest BCUT2D eigenvalue weighted by Gasteiger charge is 2.23. The summed E-state index contributed by atoms with van der Waals surface area (Å²) < 4.78 is 0. The summed E-state index contributed by atoms with van der Waals surface area (Å²) in [7, 11) is 0. The number of halogens is 1. The van der Waals surface area contributed by atoms with Crippen LogP contribution in [0.1, 0.15) is 29.2 Å². The molecule has 0 saturated carbocycles. The van der Waals surface area contributed by atoms with Crippen LogP contribution in [0.3, 0.4) is 0 Å². The average Bonchev–Trinajstić information content (AvgIpc) is 2.14. The summed E-state index contributed by atoms with van der Waals surface area (Å²) in [6.07, 6.45) is -2.62. The van der Waals surface area contributed by atoms with Gasteiger partial charge in [-0.2, -0.15) is 0 Å². The Hall–Kier alpha value is -1.10. The minimum atomic E-state index is -1.20. The number of rotatable bonds is 4. The van der Waals surface area contributed by atoms with E-state index >= 15 is 0 Å². The molecule has 0 radical (unpaired) electrons. The highest BCUT2D eigenvalue weighted by Crippen LogP contribution is 2.28. The van der Waals surface area contributed by atoms with Crippen LogP contribution in [-0.2, 0) is 4.79 Å². The minimum absolute atomic E-state index is 0.275. The van der Waals surface area contributed by atoms with Gasteiger partial charge in [0.2, 0.25) is 5.91 Å². The predicted molar refractivity (Wildman–Crippen MR) is 65.7 cm³/mol. The van der Waals surface area contributed by atoms with Crippen LogP contribution in [0, 0.1) is 13.8 Å². The van der Waals surface area contributed by atoms with Gasteiger partial charge in [-0.3, -0.25) is 4.79 Å². The van der Waals surface area contributed by atoms with Crippen molar-refractivity contribution in [2.24, 2.45) is 5.73 Å². The maximum absolute atomic E-state index is 10.7. The molecule has 0 aliphatic rings. The summed E-state index contributed by atoms with van der Waals surface area (Å²) in [5.74, 6) is -0.652. The maximum atomic E-state index is 10.7. The average molecular weight is 258 g/mol. The van der Waals surface area contributed by atoms with E-state index in [2.05, 4.69) is 0 Å². The van der Waals surface area contributed by atoms with Crippen LogP contribution in [0.25, 0.3) is 0 Å². The van der Waals surface area contributed by atoms with Crippen LogP contribution >= 0.6 is 11.6 Å². The smallest absolute Gasteiger partial charge is 0.220 e. The third-order valence-corrected chi connectivity index (χ3v) is 2.85. The SMILES string of the molecule is Cc1cc(Cl)cc(C)c1C(O)C(O)CC(N)=O. The Kier molecular flexibility index (Phi) is 4.51. The van der Waals surface area contributed by atoms with Crippen LogP contribution in [0.15, 0.2) is 12.1 Å². The van der Waals surface area contributed by atoms with Gasteiger partial charge in [0.15, 0.2) is 0 Å². The van der Waals surface area contributed by atoms with E-state index in [-0.39, 0.29) is 6.42 Å². The Labute approximate surface area is 105 Å². The highest BCUT2D eigenvalue weighted by molar-refractivity contribution is 6.30. The topological polar surface area (TPSA) is 83.6 Å². The van der Waals surface area contributed by atoms with Crippen LogP contribution in [-0.4, -0.2) is 22.2 Å². The summed E-state index contributed by atoms with van der Waals surface area (Å²) in [5, 5.41) is 20.2. The summed E-state index contributed by atoms with van der Waals surface area (Å²) >= 11 is 5.87. The normalized spacial score (nSPS) is 14.4. The van der Waals surface area contributed by atoms with E-state index in [0.29, 0.717) is 10.6 Å². The van der Waals surface area contributed by atoms with Gasteiger partial charge >= 0.3 is 0 Å². The van der Waals surface area contributed by atoms with Crippen molar-refractivity contribution in [1.29, 1.82) is 0 Å². The van der Waals surface area contributed by atoms with Crippen molar-refractivity contribution in [3.8, 4) is 0 Å². The quantitative estimate of drug-likeness (QED) is 0.759. The van der Waals surface area contributed by atoms with Gasteiger partial charge in [-0.25, -0.2) is 0 Å². The van der Waals surface area contributed by atoms with Crippen molar-refractivity contribution < 1.29 is 15.0 Å². The molecule has 0 heterocycles. The first-order valence-corrected chi connectivity index (χ1v) is 5.61. The first kappa shape index (κ1) is 14.0. The van der Waals surface area contributed by atoms with Gasteiger partial charge in [0.1, 0.15) is 6.10 Å². The van der Waals surface area contributed by atoms with E-state index < -0.39 is 18.1 Å². The Balaban J connectivity index is 3.03.